The van der Waals surface area contributed by atoms with Crippen molar-refractivity contribution in [3.63, 3.8) is 0 Å². The number of amides is 1. The molecular weight excluding hydrogens is 465 g/mol. The van der Waals surface area contributed by atoms with Crippen molar-refractivity contribution in [2.75, 3.05) is 19.2 Å². The lowest BCUT2D eigenvalue weighted by Crippen LogP contribution is -2.18. The van der Waals surface area contributed by atoms with E-state index in [0.29, 0.717) is 29.5 Å². The molecule has 2 aromatic carbocycles. The van der Waals surface area contributed by atoms with Gasteiger partial charge in [-0.25, -0.2) is 4.39 Å². The van der Waals surface area contributed by atoms with Crippen LogP contribution in [0.2, 0.25) is 0 Å². The van der Waals surface area contributed by atoms with E-state index >= 15 is 0 Å². The average molecular weight is 490 g/mol. The minimum absolute atomic E-state index is 0.0350. The molecule has 5 rings (SSSR count). The number of aryl methyl sites for hydroxylation is 1. The molecule has 184 valence electrons. The molecule has 9 nitrogen and oxygen atoms in total. The first-order chi connectivity index (χ1) is 17.6. The van der Waals surface area contributed by atoms with Crippen LogP contribution in [0.3, 0.4) is 0 Å². The minimum atomic E-state index is -0.545. The van der Waals surface area contributed by atoms with Crippen LogP contribution in [0.15, 0.2) is 60.9 Å². The molecule has 2 aromatic heterocycles. The molecule has 0 radical (unpaired) electrons. The lowest BCUT2D eigenvalue weighted by atomic mass is 10.1. The second kappa shape index (κ2) is 9.95. The molecule has 0 unspecified atom stereocenters. The zero-order chi connectivity index (χ0) is 25.1. The third-order valence-electron chi connectivity index (χ3n) is 5.67. The summed E-state index contributed by atoms with van der Waals surface area (Å²) in [5.41, 5.74) is 3.53. The van der Waals surface area contributed by atoms with Gasteiger partial charge in [0.15, 0.2) is 23.1 Å². The molecule has 0 atom stereocenters. The topological polar surface area (TPSA) is 99.5 Å². The van der Waals surface area contributed by atoms with Crippen molar-refractivity contribution in [2.45, 2.75) is 20.0 Å². The number of rotatable bonds is 8. The molecule has 0 aliphatic carbocycles. The predicted molar refractivity (Wildman–Crippen MR) is 131 cm³/mol. The summed E-state index contributed by atoms with van der Waals surface area (Å²) in [4.78, 5) is 15.7. The summed E-state index contributed by atoms with van der Waals surface area (Å²) in [6.45, 7) is 3.34. The summed E-state index contributed by atoms with van der Waals surface area (Å²) >= 11 is 0. The summed E-state index contributed by atoms with van der Waals surface area (Å²) in [6.07, 6.45) is 3.19. The van der Waals surface area contributed by atoms with Crippen LogP contribution >= 0.6 is 0 Å². The molecule has 3 heterocycles. The zero-order valence-corrected chi connectivity index (χ0v) is 19.7. The van der Waals surface area contributed by atoms with Crippen LogP contribution in [0.1, 0.15) is 23.0 Å². The van der Waals surface area contributed by atoms with Crippen molar-refractivity contribution >= 4 is 11.6 Å². The Labute approximate surface area is 206 Å². The highest BCUT2D eigenvalue weighted by Crippen LogP contribution is 2.42. The van der Waals surface area contributed by atoms with E-state index in [1.807, 2.05) is 29.8 Å². The van der Waals surface area contributed by atoms with Gasteiger partial charge in [0.05, 0.1) is 5.69 Å². The van der Waals surface area contributed by atoms with Gasteiger partial charge in [0.25, 0.3) is 5.91 Å². The number of halogens is 1. The van der Waals surface area contributed by atoms with E-state index in [1.165, 1.54) is 31.4 Å². The van der Waals surface area contributed by atoms with E-state index < -0.39 is 5.82 Å². The highest BCUT2D eigenvalue weighted by Gasteiger charge is 2.22. The second-order valence-corrected chi connectivity index (χ2v) is 7.97. The van der Waals surface area contributed by atoms with E-state index in [-0.39, 0.29) is 24.1 Å². The summed E-state index contributed by atoms with van der Waals surface area (Å²) in [5.74, 6) is 0.798. The fourth-order valence-electron chi connectivity index (χ4n) is 3.92. The van der Waals surface area contributed by atoms with Crippen molar-refractivity contribution in [2.24, 2.45) is 0 Å². The summed E-state index contributed by atoms with van der Waals surface area (Å²) < 4.78 is 33.7. The smallest absolute Gasteiger partial charge is 0.269 e. The van der Waals surface area contributed by atoms with Crippen LogP contribution in [-0.2, 0) is 13.1 Å². The maximum atomic E-state index is 14.8. The monoisotopic (exact) mass is 489 g/mol. The number of fused-ring (bicyclic) bond motifs is 1. The largest absolute Gasteiger partial charge is 0.454 e. The Hall–Kier alpha value is -4.60. The molecule has 0 fully saturated rings. The van der Waals surface area contributed by atoms with Gasteiger partial charge in [-0.15, -0.1) is 0 Å². The Morgan fingerprint density at radius 3 is 2.83 bits per heavy atom. The predicted octanol–water partition coefficient (Wildman–Crippen LogP) is 4.60. The van der Waals surface area contributed by atoms with E-state index in [4.69, 9.17) is 14.2 Å². The van der Waals surface area contributed by atoms with E-state index in [9.17, 15) is 9.18 Å². The Balaban J connectivity index is 1.32. The number of benzene rings is 2. The lowest BCUT2D eigenvalue weighted by Gasteiger charge is -2.13. The zero-order valence-electron chi connectivity index (χ0n) is 19.7. The van der Waals surface area contributed by atoms with Gasteiger partial charge in [0.2, 0.25) is 6.79 Å². The number of pyridine rings is 1. The fraction of sp³-hybridized carbons (Fsp3) is 0.192. The van der Waals surface area contributed by atoms with E-state index in [2.05, 4.69) is 20.7 Å². The highest BCUT2D eigenvalue weighted by molar-refractivity contribution is 5.92. The van der Waals surface area contributed by atoms with Crippen LogP contribution in [0.5, 0.6) is 23.0 Å². The quantitative estimate of drug-likeness (QED) is 0.373. The normalized spacial score (nSPS) is 11.9. The SMILES string of the molecule is CCn1nccc1-c1cc(CNc2ccc(Oc3ccnc(C(=O)NC)c3)c(F)c2)cc2c1OCO2. The Morgan fingerprint density at radius 1 is 1.14 bits per heavy atom. The van der Waals surface area contributed by atoms with Gasteiger partial charge < -0.3 is 24.8 Å². The minimum Gasteiger partial charge on any atom is -0.454 e. The molecule has 1 amide bonds. The third-order valence-corrected chi connectivity index (χ3v) is 5.67. The molecule has 1 aliphatic heterocycles. The summed E-state index contributed by atoms with van der Waals surface area (Å²) in [7, 11) is 1.51. The Bertz CT molecular complexity index is 1420. The number of aromatic nitrogens is 3. The number of ether oxygens (including phenoxy) is 3. The number of nitrogens with zero attached hydrogens (tertiary/aromatic N) is 3. The van der Waals surface area contributed by atoms with E-state index in [1.54, 1.807) is 18.3 Å². The first kappa shape index (κ1) is 23.2. The molecular formula is C26H24FN5O4. The highest BCUT2D eigenvalue weighted by atomic mass is 19.1. The number of anilines is 1. The van der Waals surface area contributed by atoms with Crippen LogP contribution in [0.4, 0.5) is 10.1 Å². The number of hydrogen-bond acceptors (Lipinski definition) is 7. The van der Waals surface area contributed by atoms with Crippen molar-refractivity contribution in [3.05, 3.63) is 78.0 Å². The van der Waals surface area contributed by atoms with Gasteiger partial charge in [0, 0.05) is 55.9 Å². The molecule has 1 aliphatic rings. The maximum Gasteiger partial charge on any atom is 0.269 e. The first-order valence-electron chi connectivity index (χ1n) is 11.4. The summed E-state index contributed by atoms with van der Waals surface area (Å²) in [6, 6.07) is 13.5. The van der Waals surface area contributed by atoms with Crippen LogP contribution in [0, 0.1) is 5.82 Å². The molecule has 10 heteroatoms. The average Bonchev–Trinajstić information content (AvgIpc) is 3.57. The maximum absolute atomic E-state index is 14.8. The molecule has 0 spiro atoms. The van der Waals surface area contributed by atoms with Crippen LogP contribution < -0.4 is 24.8 Å². The van der Waals surface area contributed by atoms with Crippen molar-refractivity contribution in [1.29, 1.82) is 0 Å². The van der Waals surface area contributed by atoms with Gasteiger partial charge in [0.1, 0.15) is 11.4 Å². The molecule has 0 bridgehead atoms. The van der Waals surface area contributed by atoms with Crippen molar-refractivity contribution in [1.82, 2.24) is 20.1 Å². The standard InChI is InChI=1S/C26H24FN5O4/c1-3-32-22(7-9-31-32)19-10-16(11-24-25(19)35-15-34-24)14-30-17-4-5-23(20(27)12-17)36-18-6-8-29-21(13-18)26(33)28-2/h4-13,30H,3,14-15H2,1-2H3,(H,28,33). The first-order valence-corrected chi connectivity index (χ1v) is 11.4. The number of hydrogen-bond donors (Lipinski definition) is 2. The van der Waals surface area contributed by atoms with Crippen LogP contribution in [-0.4, -0.2) is 34.5 Å². The molecule has 36 heavy (non-hydrogen) atoms. The number of carbonyl (C=O) groups is 1. The van der Waals surface area contributed by atoms with Gasteiger partial charge in [-0.3, -0.25) is 14.5 Å². The van der Waals surface area contributed by atoms with Gasteiger partial charge in [-0.1, -0.05) is 0 Å². The molecule has 0 saturated heterocycles. The number of nitrogens with one attached hydrogen (secondary N) is 2. The van der Waals surface area contributed by atoms with Crippen molar-refractivity contribution < 1.29 is 23.4 Å². The fourth-order valence-corrected chi connectivity index (χ4v) is 3.92. The van der Waals surface area contributed by atoms with Crippen molar-refractivity contribution in [3.8, 4) is 34.3 Å². The van der Waals surface area contributed by atoms with Gasteiger partial charge in [-0.05, 0) is 48.9 Å². The third kappa shape index (κ3) is 4.65. The molecule has 2 N–H and O–H groups in total. The van der Waals surface area contributed by atoms with Crippen LogP contribution in [0.25, 0.3) is 11.3 Å². The summed E-state index contributed by atoms with van der Waals surface area (Å²) in [5, 5.41) is 10.1. The van der Waals surface area contributed by atoms with Gasteiger partial charge >= 0.3 is 0 Å². The lowest BCUT2D eigenvalue weighted by molar-refractivity contribution is 0.0958. The molecule has 0 saturated carbocycles. The Morgan fingerprint density at radius 2 is 2.03 bits per heavy atom. The van der Waals surface area contributed by atoms with Gasteiger partial charge in [-0.2, -0.15) is 5.10 Å². The second-order valence-electron chi connectivity index (χ2n) is 7.97. The Kier molecular flexibility index (Phi) is 6.40. The molecule has 4 aromatic rings. The van der Waals surface area contributed by atoms with E-state index in [0.717, 1.165) is 23.4 Å². The number of carbonyl (C=O) groups excluding carboxylic acids is 1.